The number of unbranched alkanes of at least 4 members (excludes halogenated alkanes) is 1. The number of benzene rings is 2. The Morgan fingerprint density at radius 3 is 2.67 bits per heavy atom. The minimum Gasteiger partial charge on any atom is -0.493 e. The zero-order chi connectivity index (χ0) is 21.6. The van der Waals surface area contributed by atoms with Crippen LogP contribution in [0.15, 0.2) is 42.5 Å². The number of nitrogens with zero attached hydrogens (tertiary/aromatic N) is 1. The quantitative estimate of drug-likeness (QED) is 0.371. The van der Waals surface area contributed by atoms with Crippen LogP contribution >= 0.6 is 0 Å². The van der Waals surface area contributed by atoms with Gasteiger partial charge in [0.15, 0.2) is 0 Å². The molecule has 0 saturated carbocycles. The molecule has 1 heterocycles. The van der Waals surface area contributed by atoms with Gasteiger partial charge < -0.3 is 14.4 Å². The number of para-hydroxylation sites is 1. The van der Waals surface area contributed by atoms with E-state index in [0.29, 0.717) is 25.4 Å². The molecule has 2 aromatic carbocycles. The van der Waals surface area contributed by atoms with Crippen molar-refractivity contribution in [1.29, 1.82) is 0 Å². The monoisotopic (exact) mass is 412 g/mol. The number of hydrogen-bond acceptors (Lipinski definition) is 5. The third-order valence-corrected chi connectivity index (χ3v) is 5.71. The Morgan fingerprint density at radius 1 is 1.17 bits per heavy atom. The Balaban J connectivity index is 2.17. The number of carbonyl (C=O) groups excluding carboxylic acids is 1. The number of hydrogen-bond donors (Lipinski definition) is 2. The lowest BCUT2D eigenvalue weighted by Gasteiger charge is -2.34. The Hall–Kier alpha value is -2.57. The fraction of sp³-hybridized carbons (Fsp3) is 0.458. The van der Waals surface area contributed by atoms with Crippen molar-refractivity contribution in [1.82, 2.24) is 10.4 Å². The maximum absolute atomic E-state index is 13.3. The first-order chi connectivity index (χ1) is 14.5. The second kappa shape index (κ2) is 9.96. The van der Waals surface area contributed by atoms with E-state index < -0.39 is 11.3 Å². The van der Waals surface area contributed by atoms with Gasteiger partial charge in [-0.1, -0.05) is 43.7 Å². The standard InChI is InChI=1S/C24H32N2O4/c1-4-5-16-29-21-13-8-11-19-18(21)17-30-22-12-7-6-10-20(22)24(19,23(27)25-28)14-9-15-26(2)3/h6-8,10-13,28H,4-5,9,14-17H2,1-3H3,(H,25,27). The van der Waals surface area contributed by atoms with E-state index in [2.05, 4.69) is 11.8 Å². The van der Waals surface area contributed by atoms with Crippen LogP contribution in [-0.2, 0) is 16.8 Å². The summed E-state index contributed by atoms with van der Waals surface area (Å²) in [5.41, 5.74) is 3.32. The highest BCUT2D eigenvalue weighted by atomic mass is 16.5. The molecule has 2 aromatic rings. The van der Waals surface area contributed by atoms with Crippen LogP contribution in [0.3, 0.4) is 0 Å². The van der Waals surface area contributed by atoms with Gasteiger partial charge in [-0.15, -0.1) is 0 Å². The molecule has 0 aromatic heterocycles. The molecular weight excluding hydrogens is 380 g/mol. The lowest BCUT2D eigenvalue weighted by Crippen LogP contribution is -2.45. The van der Waals surface area contributed by atoms with Gasteiger partial charge in [0, 0.05) is 11.1 Å². The number of carbonyl (C=O) groups is 1. The van der Waals surface area contributed by atoms with Crippen LogP contribution in [0.1, 0.15) is 49.3 Å². The first-order valence-electron chi connectivity index (χ1n) is 10.6. The second-order valence-corrected chi connectivity index (χ2v) is 8.02. The van der Waals surface area contributed by atoms with Crippen LogP contribution in [0.5, 0.6) is 11.5 Å². The Bertz CT molecular complexity index is 868. The molecule has 2 N–H and O–H groups in total. The number of fused-ring (bicyclic) bond motifs is 2. The molecule has 1 amide bonds. The molecule has 6 heteroatoms. The molecule has 0 radical (unpaired) electrons. The summed E-state index contributed by atoms with van der Waals surface area (Å²) >= 11 is 0. The minimum atomic E-state index is -1.07. The Kier molecular flexibility index (Phi) is 7.34. The predicted octanol–water partition coefficient (Wildman–Crippen LogP) is 3.89. The van der Waals surface area contributed by atoms with Crippen molar-refractivity contribution < 1.29 is 19.5 Å². The molecule has 0 aliphatic carbocycles. The molecule has 30 heavy (non-hydrogen) atoms. The van der Waals surface area contributed by atoms with Crippen molar-refractivity contribution in [2.75, 3.05) is 27.2 Å². The van der Waals surface area contributed by atoms with Crippen LogP contribution in [0.25, 0.3) is 0 Å². The van der Waals surface area contributed by atoms with E-state index in [4.69, 9.17) is 9.47 Å². The van der Waals surface area contributed by atoms with Gasteiger partial charge in [0.25, 0.3) is 5.91 Å². The molecule has 1 unspecified atom stereocenters. The van der Waals surface area contributed by atoms with Gasteiger partial charge in [-0.3, -0.25) is 10.0 Å². The molecule has 1 atom stereocenters. The summed E-state index contributed by atoms with van der Waals surface area (Å²) in [4.78, 5) is 15.4. The normalized spacial score (nSPS) is 17.5. The van der Waals surface area contributed by atoms with Crippen molar-refractivity contribution in [3.05, 3.63) is 59.2 Å². The number of rotatable bonds is 9. The first kappa shape index (κ1) is 22.1. The van der Waals surface area contributed by atoms with Crippen molar-refractivity contribution in [3.8, 4) is 11.5 Å². The highest BCUT2D eigenvalue weighted by Gasteiger charge is 2.46. The third-order valence-electron chi connectivity index (χ3n) is 5.71. The summed E-state index contributed by atoms with van der Waals surface area (Å²) < 4.78 is 12.2. The molecule has 3 rings (SSSR count). The largest absolute Gasteiger partial charge is 0.493 e. The minimum absolute atomic E-state index is 0.308. The average Bonchev–Trinajstić information content (AvgIpc) is 2.89. The molecule has 162 valence electrons. The van der Waals surface area contributed by atoms with Gasteiger partial charge in [-0.25, -0.2) is 5.48 Å². The molecular formula is C24H32N2O4. The van der Waals surface area contributed by atoms with Crippen molar-refractivity contribution in [2.45, 2.75) is 44.6 Å². The van der Waals surface area contributed by atoms with E-state index in [1.54, 1.807) is 0 Å². The summed E-state index contributed by atoms with van der Waals surface area (Å²) in [7, 11) is 4.02. The van der Waals surface area contributed by atoms with E-state index in [1.807, 2.05) is 62.0 Å². The Morgan fingerprint density at radius 2 is 1.93 bits per heavy atom. The maximum atomic E-state index is 13.3. The molecule has 0 fully saturated rings. The van der Waals surface area contributed by atoms with Gasteiger partial charge in [0.05, 0.1) is 6.61 Å². The summed E-state index contributed by atoms with van der Waals surface area (Å²) in [5, 5.41) is 9.76. The molecule has 1 aliphatic heterocycles. The van der Waals surface area contributed by atoms with E-state index in [0.717, 1.165) is 48.2 Å². The summed E-state index contributed by atoms with van der Waals surface area (Å²) in [6, 6.07) is 13.4. The zero-order valence-corrected chi connectivity index (χ0v) is 18.1. The molecule has 6 nitrogen and oxygen atoms in total. The Labute approximate surface area is 178 Å². The number of hydroxylamine groups is 1. The molecule has 0 bridgehead atoms. The van der Waals surface area contributed by atoms with Crippen LogP contribution in [0, 0.1) is 0 Å². The van der Waals surface area contributed by atoms with Gasteiger partial charge in [-0.2, -0.15) is 0 Å². The van der Waals surface area contributed by atoms with Crippen molar-refractivity contribution in [2.24, 2.45) is 0 Å². The summed E-state index contributed by atoms with van der Waals surface area (Å²) in [5.74, 6) is 0.935. The van der Waals surface area contributed by atoms with Crippen LogP contribution in [0.2, 0.25) is 0 Å². The average molecular weight is 413 g/mol. The van der Waals surface area contributed by atoms with Crippen LogP contribution in [0.4, 0.5) is 0 Å². The number of nitrogens with one attached hydrogen (secondary N) is 1. The predicted molar refractivity (Wildman–Crippen MR) is 116 cm³/mol. The highest BCUT2D eigenvalue weighted by Crippen LogP contribution is 2.47. The number of amides is 1. The van der Waals surface area contributed by atoms with E-state index in [1.165, 1.54) is 0 Å². The second-order valence-electron chi connectivity index (χ2n) is 8.02. The smallest absolute Gasteiger partial charge is 0.258 e. The van der Waals surface area contributed by atoms with Gasteiger partial charge in [-0.05, 0) is 57.6 Å². The fourth-order valence-electron chi connectivity index (χ4n) is 4.20. The molecule has 0 spiro atoms. The third kappa shape index (κ3) is 4.30. The van der Waals surface area contributed by atoms with Crippen LogP contribution in [-0.4, -0.2) is 43.3 Å². The van der Waals surface area contributed by atoms with Gasteiger partial charge >= 0.3 is 0 Å². The maximum Gasteiger partial charge on any atom is 0.258 e. The highest BCUT2D eigenvalue weighted by molar-refractivity contribution is 5.93. The van der Waals surface area contributed by atoms with Crippen molar-refractivity contribution >= 4 is 5.91 Å². The van der Waals surface area contributed by atoms with Crippen molar-refractivity contribution in [3.63, 3.8) is 0 Å². The molecule has 1 aliphatic rings. The zero-order valence-electron chi connectivity index (χ0n) is 18.1. The van der Waals surface area contributed by atoms with Gasteiger partial charge in [0.2, 0.25) is 0 Å². The van der Waals surface area contributed by atoms with E-state index in [9.17, 15) is 10.0 Å². The number of ether oxygens (including phenoxy) is 2. The first-order valence-corrected chi connectivity index (χ1v) is 10.6. The SMILES string of the molecule is CCCCOc1cccc2c1COc1ccccc1C2(CCCN(C)C)C(=O)NO. The summed E-state index contributed by atoms with van der Waals surface area (Å²) in [6.07, 6.45) is 3.30. The van der Waals surface area contributed by atoms with E-state index in [-0.39, 0.29) is 0 Å². The lowest BCUT2D eigenvalue weighted by atomic mass is 9.69. The van der Waals surface area contributed by atoms with Gasteiger partial charge in [0.1, 0.15) is 23.5 Å². The topological polar surface area (TPSA) is 71.0 Å². The van der Waals surface area contributed by atoms with E-state index >= 15 is 0 Å². The molecule has 0 saturated heterocycles. The summed E-state index contributed by atoms with van der Waals surface area (Å²) in [6.45, 7) is 3.87. The van der Waals surface area contributed by atoms with Crippen LogP contribution < -0.4 is 15.0 Å². The fourth-order valence-corrected chi connectivity index (χ4v) is 4.20. The lowest BCUT2D eigenvalue weighted by molar-refractivity contribution is -0.134.